The number of hydrogen-bond acceptors (Lipinski definition) is 2. The van der Waals surface area contributed by atoms with Gasteiger partial charge < -0.3 is 5.32 Å². The number of aromatic nitrogens is 1. The molecule has 0 spiro atoms. The van der Waals surface area contributed by atoms with E-state index < -0.39 is 0 Å². The van der Waals surface area contributed by atoms with E-state index in [4.69, 9.17) is 11.6 Å². The molecule has 0 bridgehead atoms. The summed E-state index contributed by atoms with van der Waals surface area (Å²) in [4.78, 5) is 4.48. The molecule has 0 aliphatic carbocycles. The normalized spacial score (nSPS) is 11.2. The van der Waals surface area contributed by atoms with Crippen LogP contribution in [-0.4, -0.2) is 11.0 Å². The lowest BCUT2D eigenvalue weighted by Crippen LogP contribution is -2.19. The minimum atomic E-state index is 0.480. The van der Waals surface area contributed by atoms with Crippen LogP contribution in [0.5, 0.6) is 0 Å². The fraction of sp³-hybridized carbons (Fsp3) is 0.471. The van der Waals surface area contributed by atoms with Gasteiger partial charge in [0.25, 0.3) is 0 Å². The van der Waals surface area contributed by atoms with Gasteiger partial charge in [0, 0.05) is 17.6 Å². The molecule has 2 rings (SSSR count). The third-order valence-electron chi connectivity index (χ3n) is 3.66. The lowest BCUT2D eigenvalue weighted by molar-refractivity contribution is 0.587. The number of pyridine rings is 1. The largest absolute Gasteiger partial charge is 0.381 e. The second-order valence-electron chi connectivity index (χ2n) is 5.37. The Morgan fingerprint density at radius 1 is 1.25 bits per heavy atom. The number of benzene rings is 1. The second-order valence-corrected chi connectivity index (χ2v) is 5.78. The molecule has 0 amide bonds. The van der Waals surface area contributed by atoms with Crippen LogP contribution in [0.1, 0.15) is 45.1 Å². The minimum absolute atomic E-state index is 0.480. The molecule has 1 aromatic heterocycles. The number of hydrogen-bond donors (Lipinski definition) is 1. The van der Waals surface area contributed by atoms with Crippen molar-refractivity contribution in [2.45, 2.75) is 52.5 Å². The van der Waals surface area contributed by atoms with Crippen LogP contribution in [0.2, 0.25) is 5.02 Å². The number of anilines is 1. The van der Waals surface area contributed by atoms with Crippen LogP contribution in [-0.2, 0) is 0 Å². The fourth-order valence-electron chi connectivity index (χ4n) is 2.72. The van der Waals surface area contributed by atoms with Gasteiger partial charge >= 0.3 is 0 Å². The first kappa shape index (κ1) is 15.1. The quantitative estimate of drug-likeness (QED) is 0.751. The van der Waals surface area contributed by atoms with Gasteiger partial charge in [-0.15, -0.1) is 0 Å². The fourth-order valence-corrected chi connectivity index (χ4v) is 3.04. The van der Waals surface area contributed by atoms with E-state index in [0.717, 1.165) is 27.2 Å². The first-order valence-electron chi connectivity index (χ1n) is 7.47. The summed E-state index contributed by atoms with van der Waals surface area (Å²) in [5, 5.41) is 5.56. The van der Waals surface area contributed by atoms with Gasteiger partial charge in [-0.25, -0.2) is 0 Å². The van der Waals surface area contributed by atoms with E-state index >= 15 is 0 Å². The standard InChI is InChI=1S/C17H23ClN2/c1-4-7-13(8-5-2)20-17-14-9-6-10-19-16(14)12(3)11-15(17)18/h6,9-11,13,20H,4-5,7-8H2,1-3H3. The highest BCUT2D eigenvalue weighted by Gasteiger charge is 2.13. The number of nitrogens with one attached hydrogen (secondary N) is 1. The SMILES string of the molecule is CCCC(CCC)Nc1c(Cl)cc(C)c2ncccc12. The zero-order valence-electron chi connectivity index (χ0n) is 12.5. The highest BCUT2D eigenvalue weighted by molar-refractivity contribution is 6.35. The van der Waals surface area contributed by atoms with Crippen LogP contribution < -0.4 is 5.32 Å². The average molecular weight is 291 g/mol. The lowest BCUT2D eigenvalue weighted by Gasteiger charge is -2.21. The van der Waals surface area contributed by atoms with Gasteiger partial charge in [0.2, 0.25) is 0 Å². The van der Waals surface area contributed by atoms with Crippen LogP contribution in [0.3, 0.4) is 0 Å². The molecule has 0 fully saturated rings. The number of rotatable bonds is 6. The Labute approximate surface area is 126 Å². The molecule has 1 N–H and O–H groups in total. The first-order chi connectivity index (χ1) is 9.67. The molecule has 20 heavy (non-hydrogen) atoms. The van der Waals surface area contributed by atoms with Crippen LogP contribution in [0, 0.1) is 6.92 Å². The summed E-state index contributed by atoms with van der Waals surface area (Å²) in [6.45, 7) is 6.50. The summed E-state index contributed by atoms with van der Waals surface area (Å²) in [6, 6.07) is 6.55. The van der Waals surface area contributed by atoms with Crippen molar-refractivity contribution in [3.05, 3.63) is 35.0 Å². The van der Waals surface area contributed by atoms with Gasteiger partial charge in [-0.05, 0) is 43.5 Å². The first-order valence-corrected chi connectivity index (χ1v) is 7.85. The molecule has 0 saturated heterocycles. The Kier molecular flexibility index (Phi) is 5.24. The van der Waals surface area contributed by atoms with Gasteiger partial charge in [0.15, 0.2) is 0 Å². The van der Waals surface area contributed by atoms with Crippen LogP contribution in [0.15, 0.2) is 24.4 Å². The van der Waals surface area contributed by atoms with Crippen molar-refractivity contribution in [3.63, 3.8) is 0 Å². The number of fused-ring (bicyclic) bond motifs is 1. The van der Waals surface area contributed by atoms with Gasteiger partial charge in [0.1, 0.15) is 0 Å². The van der Waals surface area contributed by atoms with E-state index in [9.17, 15) is 0 Å². The topological polar surface area (TPSA) is 24.9 Å². The molecule has 0 radical (unpaired) electrons. The number of halogens is 1. The number of aryl methyl sites for hydroxylation is 1. The van der Waals surface area contributed by atoms with Crippen LogP contribution in [0.4, 0.5) is 5.69 Å². The summed E-state index contributed by atoms with van der Waals surface area (Å²) < 4.78 is 0. The molecule has 1 heterocycles. The highest BCUT2D eigenvalue weighted by atomic mass is 35.5. The zero-order valence-corrected chi connectivity index (χ0v) is 13.3. The molecule has 3 heteroatoms. The molecule has 0 aliphatic rings. The molecule has 0 saturated carbocycles. The van der Waals surface area contributed by atoms with Crippen molar-refractivity contribution in [2.24, 2.45) is 0 Å². The average Bonchev–Trinajstić information content (AvgIpc) is 2.44. The highest BCUT2D eigenvalue weighted by Crippen LogP contribution is 2.33. The van der Waals surface area contributed by atoms with E-state index in [2.05, 4.69) is 37.1 Å². The van der Waals surface area contributed by atoms with Gasteiger partial charge in [-0.3, -0.25) is 4.98 Å². The van der Waals surface area contributed by atoms with E-state index in [0.29, 0.717) is 6.04 Å². The molecule has 108 valence electrons. The summed E-state index contributed by atoms with van der Waals surface area (Å²) in [7, 11) is 0. The molecule has 0 atom stereocenters. The predicted octanol–water partition coefficient (Wildman–Crippen LogP) is 5.58. The van der Waals surface area contributed by atoms with E-state index in [1.807, 2.05) is 18.3 Å². The Hall–Kier alpha value is -1.28. The zero-order chi connectivity index (χ0) is 14.5. The third-order valence-corrected chi connectivity index (χ3v) is 3.95. The van der Waals surface area contributed by atoms with E-state index in [1.54, 1.807) is 0 Å². The van der Waals surface area contributed by atoms with Crippen LogP contribution >= 0.6 is 11.6 Å². The molecular weight excluding hydrogens is 268 g/mol. The maximum absolute atomic E-state index is 6.46. The Morgan fingerprint density at radius 3 is 2.60 bits per heavy atom. The van der Waals surface area contributed by atoms with Crippen molar-refractivity contribution in [3.8, 4) is 0 Å². The second kappa shape index (κ2) is 6.94. The van der Waals surface area contributed by atoms with E-state index in [1.165, 1.54) is 25.7 Å². The number of nitrogens with zero attached hydrogens (tertiary/aromatic N) is 1. The Balaban J connectivity index is 2.42. The Morgan fingerprint density at radius 2 is 1.95 bits per heavy atom. The summed E-state index contributed by atoms with van der Waals surface area (Å²) in [5.41, 5.74) is 3.19. The predicted molar refractivity (Wildman–Crippen MR) is 88.7 cm³/mol. The van der Waals surface area contributed by atoms with Gasteiger partial charge in [0.05, 0.1) is 16.2 Å². The van der Waals surface area contributed by atoms with Gasteiger partial charge in [-0.1, -0.05) is 38.3 Å². The third kappa shape index (κ3) is 3.24. The maximum atomic E-state index is 6.46. The van der Waals surface area contributed by atoms with Gasteiger partial charge in [-0.2, -0.15) is 0 Å². The molecule has 0 unspecified atom stereocenters. The van der Waals surface area contributed by atoms with Crippen molar-refractivity contribution < 1.29 is 0 Å². The monoisotopic (exact) mass is 290 g/mol. The summed E-state index contributed by atoms with van der Waals surface area (Å²) in [5.74, 6) is 0. The summed E-state index contributed by atoms with van der Waals surface area (Å²) in [6.07, 6.45) is 6.52. The Bertz CT molecular complexity index is 574. The lowest BCUT2D eigenvalue weighted by atomic mass is 10.0. The van der Waals surface area contributed by atoms with Crippen molar-refractivity contribution >= 4 is 28.2 Å². The molecule has 1 aromatic carbocycles. The molecular formula is C17H23ClN2. The minimum Gasteiger partial charge on any atom is -0.381 e. The summed E-state index contributed by atoms with van der Waals surface area (Å²) >= 11 is 6.46. The molecule has 2 nitrogen and oxygen atoms in total. The smallest absolute Gasteiger partial charge is 0.0752 e. The molecule has 2 aromatic rings. The maximum Gasteiger partial charge on any atom is 0.0752 e. The van der Waals surface area contributed by atoms with Crippen LogP contribution in [0.25, 0.3) is 10.9 Å². The van der Waals surface area contributed by atoms with E-state index in [-0.39, 0.29) is 0 Å². The van der Waals surface area contributed by atoms with Crippen molar-refractivity contribution in [1.82, 2.24) is 4.98 Å². The molecule has 0 aliphatic heterocycles. The van der Waals surface area contributed by atoms with Crippen molar-refractivity contribution in [2.75, 3.05) is 5.32 Å². The van der Waals surface area contributed by atoms with Crippen molar-refractivity contribution in [1.29, 1.82) is 0 Å².